The van der Waals surface area contributed by atoms with Gasteiger partial charge in [-0.3, -0.25) is 4.79 Å². The molecule has 0 N–H and O–H groups in total. The van der Waals surface area contributed by atoms with Crippen molar-refractivity contribution in [3.05, 3.63) is 41.0 Å². The zero-order valence-electron chi connectivity index (χ0n) is 10.8. The van der Waals surface area contributed by atoms with E-state index >= 15 is 0 Å². The number of carbonyl (C=O) groups excluding carboxylic acids is 1. The van der Waals surface area contributed by atoms with Crippen LogP contribution in [-0.2, 0) is 10.2 Å². The average Bonchev–Trinajstić information content (AvgIpc) is 2.26. The molecule has 0 saturated heterocycles. The lowest BCUT2D eigenvalue weighted by molar-refractivity contribution is -0.104. The minimum absolute atomic E-state index is 0.176. The molecule has 0 heterocycles. The maximum atomic E-state index is 10.7. The van der Waals surface area contributed by atoms with Gasteiger partial charge < -0.3 is 0 Å². The van der Waals surface area contributed by atoms with Crippen LogP contribution in [0.25, 0.3) is 5.57 Å². The molecule has 86 valence electrons. The van der Waals surface area contributed by atoms with Crippen LogP contribution >= 0.6 is 0 Å². The minimum Gasteiger partial charge on any atom is -0.298 e. The van der Waals surface area contributed by atoms with E-state index in [-0.39, 0.29) is 5.41 Å². The van der Waals surface area contributed by atoms with Crippen molar-refractivity contribution >= 4 is 11.9 Å². The number of hydrogen-bond acceptors (Lipinski definition) is 1. The van der Waals surface area contributed by atoms with Gasteiger partial charge in [0, 0.05) is 0 Å². The molecule has 1 aromatic rings. The van der Waals surface area contributed by atoms with Crippen molar-refractivity contribution in [2.24, 2.45) is 0 Å². The molecule has 1 heteroatoms. The molecule has 0 aromatic heterocycles. The quantitative estimate of drug-likeness (QED) is 0.540. The Labute approximate surface area is 98.2 Å². The SMILES string of the molecule is C/C(C=O)=C(/C)c1ccc(C(C)(C)C)cc1. The second-order valence-corrected chi connectivity index (χ2v) is 5.25. The summed E-state index contributed by atoms with van der Waals surface area (Å²) in [5.41, 5.74) is 4.46. The van der Waals surface area contributed by atoms with E-state index < -0.39 is 0 Å². The highest BCUT2D eigenvalue weighted by Crippen LogP contribution is 2.24. The third-order valence-corrected chi connectivity index (χ3v) is 2.95. The summed E-state index contributed by atoms with van der Waals surface area (Å²) in [6, 6.07) is 8.44. The van der Waals surface area contributed by atoms with Gasteiger partial charge in [-0.1, -0.05) is 45.0 Å². The van der Waals surface area contributed by atoms with Gasteiger partial charge in [-0.05, 0) is 41.5 Å². The summed E-state index contributed by atoms with van der Waals surface area (Å²) in [6.45, 7) is 10.4. The van der Waals surface area contributed by atoms with Crippen molar-refractivity contribution in [1.82, 2.24) is 0 Å². The first-order valence-electron chi connectivity index (χ1n) is 5.60. The largest absolute Gasteiger partial charge is 0.298 e. The number of allylic oxidation sites excluding steroid dienone is 2. The Bertz CT molecular complexity index is 402. The number of carbonyl (C=O) groups is 1. The average molecular weight is 216 g/mol. The van der Waals surface area contributed by atoms with Crippen molar-refractivity contribution < 1.29 is 4.79 Å². The summed E-state index contributed by atoms with van der Waals surface area (Å²) in [4.78, 5) is 10.7. The third-order valence-electron chi connectivity index (χ3n) is 2.95. The molecular weight excluding hydrogens is 196 g/mol. The van der Waals surface area contributed by atoms with E-state index in [0.29, 0.717) is 0 Å². The first kappa shape index (κ1) is 12.7. The highest BCUT2D eigenvalue weighted by atomic mass is 16.1. The van der Waals surface area contributed by atoms with Gasteiger partial charge in [-0.25, -0.2) is 0 Å². The Balaban J connectivity index is 3.10. The van der Waals surface area contributed by atoms with E-state index in [0.717, 1.165) is 23.0 Å². The number of hydrogen-bond donors (Lipinski definition) is 0. The third kappa shape index (κ3) is 2.82. The maximum Gasteiger partial charge on any atom is 0.146 e. The fraction of sp³-hybridized carbons (Fsp3) is 0.400. The second-order valence-electron chi connectivity index (χ2n) is 5.25. The fourth-order valence-electron chi connectivity index (χ4n) is 1.54. The molecular formula is C15H20O. The molecule has 0 amide bonds. The van der Waals surface area contributed by atoms with E-state index in [1.807, 2.05) is 13.8 Å². The van der Waals surface area contributed by atoms with Gasteiger partial charge in [-0.2, -0.15) is 0 Å². The number of rotatable bonds is 2. The van der Waals surface area contributed by atoms with Crippen LogP contribution in [-0.4, -0.2) is 6.29 Å². The van der Waals surface area contributed by atoms with Crippen molar-refractivity contribution in [2.75, 3.05) is 0 Å². The highest BCUT2D eigenvalue weighted by molar-refractivity contribution is 5.86. The lowest BCUT2D eigenvalue weighted by Crippen LogP contribution is -2.10. The lowest BCUT2D eigenvalue weighted by Gasteiger charge is -2.19. The molecule has 0 aliphatic carbocycles. The van der Waals surface area contributed by atoms with Crippen LogP contribution in [0, 0.1) is 0 Å². The van der Waals surface area contributed by atoms with Crippen LogP contribution in [0.2, 0.25) is 0 Å². The Morgan fingerprint density at radius 3 is 1.94 bits per heavy atom. The summed E-state index contributed by atoms with van der Waals surface area (Å²) in [5, 5.41) is 0. The van der Waals surface area contributed by atoms with Crippen molar-refractivity contribution in [3.63, 3.8) is 0 Å². The molecule has 1 rings (SSSR count). The number of benzene rings is 1. The zero-order chi connectivity index (χ0) is 12.3. The molecule has 0 bridgehead atoms. The van der Waals surface area contributed by atoms with Crippen molar-refractivity contribution in [2.45, 2.75) is 40.0 Å². The molecule has 16 heavy (non-hydrogen) atoms. The molecule has 0 aliphatic heterocycles. The monoisotopic (exact) mass is 216 g/mol. The van der Waals surface area contributed by atoms with Crippen LogP contribution in [0.1, 0.15) is 45.7 Å². The molecule has 1 nitrogen and oxygen atoms in total. The Morgan fingerprint density at radius 2 is 1.56 bits per heavy atom. The smallest absolute Gasteiger partial charge is 0.146 e. The molecule has 1 aromatic carbocycles. The Morgan fingerprint density at radius 1 is 1.06 bits per heavy atom. The zero-order valence-corrected chi connectivity index (χ0v) is 10.8. The van der Waals surface area contributed by atoms with Gasteiger partial charge in [-0.15, -0.1) is 0 Å². The fourth-order valence-corrected chi connectivity index (χ4v) is 1.54. The van der Waals surface area contributed by atoms with Crippen LogP contribution < -0.4 is 0 Å². The van der Waals surface area contributed by atoms with Gasteiger partial charge in [0.05, 0.1) is 0 Å². The minimum atomic E-state index is 0.176. The van der Waals surface area contributed by atoms with Gasteiger partial charge in [0.2, 0.25) is 0 Å². The number of aldehydes is 1. The predicted octanol–water partition coefficient (Wildman–Crippen LogP) is 3.98. The van der Waals surface area contributed by atoms with E-state index in [2.05, 4.69) is 45.0 Å². The van der Waals surface area contributed by atoms with E-state index in [1.165, 1.54) is 5.56 Å². The lowest BCUT2D eigenvalue weighted by atomic mass is 9.86. The van der Waals surface area contributed by atoms with Gasteiger partial charge in [0.25, 0.3) is 0 Å². The van der Waals surface area contributed by atoms with Gasteiger partial charge in [0.15, 0.2) is 0 Å². The summed E-state index contributed by atoms with van der Waals surface area (Å²) < 4.78 is 0. The van der Waals surface area contributed by atoms with E-state index in [9.17, 15) is 4.79 Å². The first-order valence-corrected chi connectivity index (χ1v) is 5.60. The molecule has 0 fully saturated rings. The van der Waals surface area contributed by atoms with Crippen molar-refractivity contribution in [1.29, 1.82) is 0 Å². The van der Waals surface area contributed by atoms with E-state index in [4.69, 9.17) is 0 Å². The Hall–Kier alpha value is -1.37. The summed E-state index contributed by atoms with van der Waals surface area (Å²) in [5.74, 6) is 0. The normalized spacial score (nSPS) is 13.3. The molecule has 0 aliphatic rings. The van der Waals surface area contributed by atoms with E-state index in [1.54, 1.807) is 0 Å². The van der Waals surface area contributed by atoms with Crippen molar-refractivity contribution in [3.8, 4) is 0 Å². The molecule has 0 radical (unpaired) electrons. The van der Waals surface area contributed by atoms with Gasteiger partial charge >= 0.3 is 0 Å². The topological polar surface area (TPSA) is 17.1 Å². The summed E-state index contributed by atoms with van der Waals surface area (Å²) in [6.07, 6.45) is 0.910. The first-order chi connectivity index (χ1) is 7.36. The standard InChI is InChI=1S/C15H20O/c1-11(10-16)12(2)13-6-8-14(9-7-13)15(3,4)5/h6-10H,1-5H3/b12-11+. The molecule has 0 unspecified atom stereocenters. The predicted molar refractivity (Wildman–Crippen MR) is 69.5 cm³/mol. The highest BCUT2D eigenvalue weighted by Gasteiger charge is 2.13. The van der Waals surface area contributed by atoms with Gasteiger partial charge in [0.1, 0.15) is 6.29 Å². The summed E-state index contributed by atoms with van der Waals surface area (Å²) >= 11 is 0. The second kappa shape index (κ2) is 4.65. The summed E-state index contributed by atoms with van der Waals surface area (Å²) in [7, 11) is 0. The molecule has 0 spiro atoms. The Kier molecular flexibility index (Phi) is 3.69. The van der Waals surface area contributed by atoms with Crippen LogP contribution in [0.3, 0.4) is 0 Å². The van der Waals surface area contributed by atoms with Crippen LogP contribution in [0.5, 0.6) is 0 Å². The van der Waals surface area contributed by atoms with Crippen LogP contribution in [0.4, 0.5) is 0 Å². The van der Waals surface area contributed by atoms with Crippen LogP contribution in [0.15, 0.2) is 29.8 Å². The molecule has 0 atom stereocenters. The molecule has 0 saturated carbocycles. The maximum absolute atomic E-state index is 10.7.